The third kappa shape index (κ3) is 2.79. The monoisotopic (exact) mass is 335 g/mol. The molecule has 5 heteroatoms. The van der Waals surface area contributed by atoms with E-state index in [-0.39, 0.29) is 5.91 Å². The Morgan fingerprint density at radius 1 is 1.14 bits per heavy atom. The minimum atomic E-state index is -0.474. The lowest BCUT2D eigenvalue weighted by atomic mass is 9.95. The van der Waals surface area contributed by atoms with Crippen LogP contribution >= 0.6 is 23.2 Å². The van der Waals surface area contributed by atoms with Gasteiger partial charge in [-0.05, 0) is 48.7 Å². The number of carbonyl (C=O) groups is 1. The standard InChI is InChI=1S/C17H15Cl2NO2/c1-22-13-5-2-11(3-6-13)17(8-9-17)16(21)20-15-10-12(18)4-7-14(15)19/h2-7,10H,8-9H2,1H3,(H,20,21). The van der Waals surface area contributed by atoms with E-state index in [0.29, 0.717) is 15.7 Å². The molecule has 2 aromatic rings. The van der Waals surface area contributed by atoms with Crippen molar-refractivity contribution >= 4 is 34.8 Å². The summed E-state index contributed by atoms with van der Waals surface area (Å²) < 4.78 is 5.15. The van der Waals surface area contributed by atoms with Crippen molar-refractivity contribution in [1.29, 1.82) is 0 Å². The number of methoxy groups -OCH3 is 1. The lowest BCUT2D eigenvalue weighted by Gasteiger charge is -2.17. The second-order valence-electron chi connectivity index (χ2n) is 5.39. The normalized spacial score (nSPS) is 15.2. The molecule has 1 amide bonds. The Morgan fingerprint density at radius 3 is 2.41 bits per heavy atom. The average molecular weight is 336 g/mol. The van der Waals surface area contributed by atoms with E-state index in [1.165, 1.54) is 0 Å². The number of amides is 1. The molecule has 2 aromatic carbocycles. The predicted molar refractivity (Wildman–Crippen MR) is 89.0 cm³/mol. The zero-order valence-electron chi connectivity index (χ0n) is 12.0. The fourth-order valence-corrected chi connectivity index (χ4v) is 2.85. The molecule has 3 rings (SSSR count). The topological polar surface area (TPSA) is 38.3 Å². The number of anilines is 1. The van der Waals surface area contributed by atoms with Crippen molar-refractivity contribution in [2.75, 3.05) is 12.4 Å². The van der Waals surface area contributed by atoms with Gasteiger partial charge >= 0.3 is 0 Å². The van der Waals surface area contributed by atoms with Crippen molar-refractivity contribution in [2.24, 2.45) is 0 Å². The van der Waals surface area contributed by atoms with Crippen molar-refractivity contribution in [2.45, 2.75) is 18.3 Å². The van der Waals surface area contributed by atoms with Gasteiger partial charge in [0.25, 0.3) is 0 Å². The Morgan fingerprint density at radius 2 is 1.82 bits per heavy atom. The highest BCUT2D eigenvalue weighted by molar-refractivity contribution is 6.35. The van der Waals surface area contributed by atoms with Crippen LogP contribution in [0.4, 0.5) is 5.69 Å². The molecule has 0 heterocycles. The Bertz CT molecular complexity index is 709. The number of hydrogen-bond acceptors (Lipinski definition) is 2. The maximum atomic E-state index is 12.7. The van der Waals surface area contributed by atoms with E-state index in [1.807, 2.05) is 24.3 Å². The lowest BCUT2D eigenvalue weighted by Crippen LogP contribution is -2.27. The van der Waals surface area contributed by atoms with Crippen LogP contribution in [0.25, 0.3) is 0 Å². The average Bonchev–Trinajstić information content (AvgIpc) is 3.33. The molecule has 1 saturated carbocycles. The predicted octanol–water partition coefficient (Wildman–Crippen LogP) is 4.67. The number of halogens is 2. The summed E-state index contributed by atoms with van der Waals surface area (Å²) in [5.41, 5.74) is 1.06. The molecule has 0 atom stereocenters. The molecule has 0 aromatic heterocycles. The minimum absolute atomic E-state index is 0.0539. The summed E-state index contributed by atoms with van der Waals surface area (Å²) in [6.45, 7) is 0. The molecule has 114 valence electrons. The van der Waals surface area contributed by atoms with E-state index in [0.717, 1.165) is 24.2 Å². The number of benzene rings is 2. The van der Waals surface area contributed by atoms with Gasteiger partial charge in [0.05, 0.1) is 23.2 Å². The van der Waals surface area contributed by atoms with E-state index in [4.69, 9.17) is 27.9 Å². The van der Waals surface area contributed by atoms with Gasteiger partial charge in [0.2, 0.25) is 5.91 Å². The molecule has 1 fully saturated rings. The van der Waals surface area contributed by atoms with Gasteiger partial charge < -0.3 is 10.1 Å². The summed E-state index contributed by atoms with van der Waals surface area (Å²) >= 11 is 12.1. The number of hydrogen-bond donors (Lipinski definition) is 1. The molecule has 0 spiro atoms. The van der Waals surface area contributed by atoms with Crippen LogP contribution in [0.5, 0.6) is 5.75 Å². The maximum Gasteiger partial charge on any atom is 0.235 e. The van der Waals surface area contributed by atoms with Crippen LogP contribution in [-0.4, -0.2) is 13.0 Å². The van der Waals surface area contributed by atoms with E-state index in [1.54, 1.807) is 25.3 Å². The van der Waals surface area contributed by atoms with Gasteiger partial charge in [-0.3, -0.25) is 4.79 Å². The van der Waals surface area contributed by atoms with Gasteiger partial charge in [-0.25, -0.2) is 0 Å². The second kappa shape index (κ2) is 5.82. The molecule has 1 N–H and O–H groups in total. The fourth-order valence-electron chi connectivity index (χ4n) is 2.52. The van der Waals surface area contributed by atoms with E-state index in [2.05, 4.69) is 5.32 Å². The Balaban J connectivity index is 1.83. The summed E-state index contributed by atoms with van der Waals surface area (Å²) in [5, 5.41) is 3.91. The van der Waals surface area contributed by atoms with Gasteiger partial charge in [-0.1, -0.05) is 35.3 Å². The third-order valence-electron chi connectivity index (χ3n) is 4.00. The van der Waals surface area contributed by atoms with Gasteiger partial charge in [0.15, 0.2) is 0 Å². The van der Waals surface area contributed by atoms with Crippen LogP contribution in [0.1, 0.15) is 18.4 Å². The minimum Gasteiger partial charge on any atom is -0.497 e. The number of rotatable bonds is 4. The van der Waals surface area contributed by atoms with Gasteiger partial charge in [-0.2, -0.15) is 0 Å². The molecule has 0 aliphatic heterocycles. The van der Waals surface area contributed by atoms with Crippen molar-refractivity contribution in [3.8, 4) is 5.75 Å². The Labute approximate surface area is 139 Å². The van der Waals surface area contributed by atoms with Crippen molar-refractivity contribution < 1.29 is 9.53 Å². The Hall–Kier alpha value is -1.71. The van der Waals surface area contributed by atoms with Crippen LogP contribution in [0, 0.1) is 0 Å². The molecular formula is C17H15Cl2NO2. The summed E-state index contributed by atoms with van der Waals surface area (Å²) in [4.78, 5) is 12.7. The smallest absolute Gasteiger partial charge is 0.235 e. The fraction of sp³-hybridized carbons (Fsp3) is 0.235. The zero-order chi connectivity index (χ0) is 15.7. The number of carbonyl (C=O) groups excluding carboxylic acids is 1. The largest absolute Gasteiger partial charge is 0.497 e. The third-order valence-corrected chi connectivity index (χ3v) is 4.57. The zero-order valence-corrected chi connectivity index (χ0v) is 13.5. The summed E-state index contributed by atoms with van der Waals surface area (Å²) in [5.74, 6) is 0.722. The quantitative estimate of drug-likeness (QED) is 0.881. The molecule has 3 nitrogen and oxygen atoms in total. The first kappa shape index (κ1) is 15.2. The molecule has 0 saturated heterocycles. The first-order valence-corrected chi connectivity index (χ1v) is 7.72. The van der Waals surface area contributed by atoms with E-state index < -0.39 is 5.41 Å². The van der Waals surface area contributed by atoms with Crippen molar-refractivity contribution in [3.05, 3.63) is 58.1 Å². The molecule has 22 heavy (non-hydrogen) atoms. The van der Waals surface area contributed by atoms with Gasteiger partial charge in [-0.15, -0.1) is 0 Å². The van der Waals surface area contributed by atoms with Gasteiger partial charge in [0.1, 0.15) is 5.75 Å². The summed E-state index contributed by atoms with van der Waals surface area (Å²) in [6, 6.07) is 12.6. The van der Waals surface area contributed by atoms with Crippen LogP contribution in [-0.2, 0) is 10.2 Å². The van der Waals surface area contributed by atoms with Crippen molar-refractivity contribution in [3.63, 3.8) is 0 Å². The highest BCUT2D eigenvalue weighted by Gasteiger charge is 2.51. The second-order valence-corrected chi connectivity index (χ2v) is 6.23. The van der Waals surface area contributed by atoms with Crippen LogP contribution in [0.3, 0.4) is 0 Å². The molecule has 1 aliphatic rings. The van der Waals surface area contributed by atoms with E-state index >= 15 is 0 Å². The molecular weight excluding hydrogens is 321 g/mol. The highest BCUT2D eigenvalue weighted by atomic mass is 35.5. The van der Waals surface area contributed by atoms with Gasteiger partial charge in [0, 0.05) is 5.02 Å². The van der Waals surface area contributed by atoms with E-state index in [9.17, 15) is 4.79 Å². The molecule has 0 bridgehead atoms. The molecule has 0 unspecified atom stereocenters. The van der Waals surface area contributed by atoms with Crippen LogP contribution in [0.15, 0.2) is 42.5 Å². The molecule has 1 aliphatic carbocycles. The van der Waals surface area contributed by atoms with Crippen LogP contribution in [0.2, 0.25) is 10.0 Å². The SMILES string of the molecule is COc1ccc(C2(C(=O)Nc3cc(Cl)ccc3Cl)CC2)cc1. The number of nitrogens with one attached hydrogen (secondary N) is 1. The first-order valence-electron chi connectivity index (χ1n) is 6.96. The highest BCUT2D eigenvalue weighted by Crippen LogP contribution is 2.49. The lowest BCUT2D eigenvalue weighted by molar-refractivity contribution is -0.118. The Kier molecular flexibility index (Phi) is 4.02. The maximum absolute atomic E-state index is 12.7. The molecule has 0 radical (unpaired) electrons. The van der Waals surface area contributed by atoms with Crippen molar-refractivity contribution in [1.82, 2.24) is 0 Å². The summed E-state index contributed by atoms with van der Waals surface area (Å²) in [6.07, 6.45) is 1.65. The first-order chi connectivity index (χ1) is 10.5. The van der Waals surface area contributed by atoms with Crippen LogP contribution < -0.4 is 10.1 Å². The summed E-state index contributed by atoms with van der Waals surface area (Å²) in [7, 11) is 1.62. The number of ether oxygens (including phenoxy) is 1.